The number of rotatable bonds is 1. The minimum atomic E-state index is -0.781. The van der Waals surface area contributed by atoms with Gasteiger partial charge in [-0.1, -0.05) is 0 Å². The zero-order chi connectivity index (χ0) is 13.7. The first-order chi connectivity index (χ1) is 8.99. The summed E-state index contributed by atoms with van der Waals surface area (Å²) in [7, 11) is 0. The SMILES string of the molecule is O=C1C2CCC(C2)C(=O)N1c1cc(F)c(Br)cc1F. The second kappa shape index (κ2) is 4.37. The number of carbonyl (C=O) groups is 2. The number of benzene rings is 1. The topological polar surface area (TPSA) is 37.4 Å². The van der Waals surface area contributed by atoms with Gasteiger partial charge in [0.25, 0.3) is 0 Å². The molecule has 2 bridgehead atoms. The number of amides is 2. The summed E-state index contributed by atoms with van der Waals surface area (Å²) in [4.78, 5) is 25.1. The number of piperidine rings is 1. The lowest BCUT2D eigenvalue weighted by atomic mass is 9.96. The fourth-order valence-electron chi connectivity index (χ4n) is 2.82. The molecule has 1 heterocycles. The number of carbonyl (C=O) groups excluding carboxylic acids is 2. The standard InChI is InChI=1S/C13H10BrF2NO2/c14-8-4-10(16)11(5-9(8)15)17-12(18)6-1-2-7(3-6)13(17)19/h4-7H,1-3H2. The Labute approximate surface area is 116 Å². The molecule has 2 amide bonds. The number of fused-ring (bicyclic) bond motifs is 2. The van der Waals surface area contributed by atoms with Gasteiger partial charge in [0.2, 0.25) is 11.8 Å². The number of halogens is 3. The summed E-state index contributed by atoms with van der Waals surface area (Å²) in [5.41, 5.74) is -0.285. The third-order valence-corrected chi connectivity index (χ3v) is 4.41. The maximum absolute atomic E-state index is 13.9. The first-order valence-corrected chi connectivity index (χ1v) is 6.80. The van der Waals surface area contributed by atoms with Crippen LogP contribution in [0.4, 0.5) is 14.5 Å². The Balaban J connectivity index is 2.08. The lowest BCUT2D eigenvalue weighted by Gasteiger charge is -2.29. The van der Waals surface area contributed by atoms with Crippen LogP contribution in [0.3, 0.4) is 0 Å². The van der Waals surface area contributed by atoms with E-state index in [9.17, 15) is 18.4 Å². The van der Waals surface area contributed by atoms with Crippen molar-refractivity contribution in [3.63, 3.8) is 0 Å². The Bertz CT molecular complexity index is 568. The van der Waals surface area contributed by atoms with E-state index in [4.69, 9.17) is 0 Å². The Morgan fingerprint density at radius 2 is 1.63 bits per heavy atom. The van der Waals surface area contributed by atoms with E-state index in [1.165, 1.54) is 0 Å². The largest absolute Gasteiger partial charge is 0.274 e. The van der Waals surface area contributed by atoms with Gasteiger partial charge in [0.1, 0.15) is 11.6 Å². The first-order valence-electron chi connectivity index (χ1n) is 6.01. The molecule has 2 fully saturated rings. The van der Waals surface area contributed by atoms with Crippen LogP contribution in [0.1, 0.15) is 19.3 Å². The molecule has 1 aliphatic heterocycles. The average Bonchev–Trinajstić information content (AvgIpc) is 2.80. The van der Waals surface area contributed by atoms with Gasteiger partial charge >= 0.3 is 0 Å². The third kappa shape index (κ3) is 1.89. The molecule has 2 aliphatic rings. The highest BCUT2D eigenvalue weighted by Gasteiger charge is 2.46. The lowest BCUT2D eigenvalue weighted by molar-refractivity contribution is -0.133. The highest BCUT2D eigenvalue weighted by molar-refractivity contribution is 9.10. The van der Waals surface area contributed by atoms with Gasteiger partial charge in [-0.15, -0.1) is 0 Å². The van der Waals surface area contributed by atoms with Crippen LogP contribution in [0.2, 0.25) is 0 Å². The summed E-state index contributed by atoms with van der Waals surface area (Å²) in [5.74, 6) is -2.80. The summed E-state index contributed by atoms with van der Waals surface area (Å²) < 4.78 is 27.4. The van der Waals surface area contributed by atoms with E-state index in [2.05, 4.69) is 15.9 Å². The molecule has 0 N–H and O–H groups in total. The molecular formula is C13H10BrF2NO2. The number of hydrogen-bond acceptors (Lipinski definition) is 2. The van der Waals surface area contributed by atoms with Gasteiger partial charge < -0.3 is 0 Å². The molecule has 2 unspecified atom stereocenters. The van der Waals surface area contributed by atoms with Crippen molar-refractivity contribution >= 4 is 33.4 Å². The normalized spacial score (nSPS) is 26.2. The monoisotopic (exact) mass is 329 g/mol. The molecule has 19 heavy (non-hydrogen) atoms. The predicted molar refractivity (Wildman–Crippen MR) is 67.4 cm³/mol. The van der Waals surface area contributed by atoms with Crippen molar-refractivity contribution in [2.45, 2.75) is 19.3 Å². The van der Waals surface area contributed by atoms with Crippen molar-refractivity contribution in [1.29, 1.82) is 0 Å². The van der Waals surface area contributed by atoms with Gasteiger partial charge in [-0.3, -0.25) is 9.59 Å². The second-order valence-electron chi connectivity index (χ2n) is 4.94. The van der Waals surface area contributed by atoms with Crippen molar-refractivity contribution in [3.05, 3.63) is 28.2 Å². The fourth-order valence-corrected chi connectivity index (χ4v) is 3.14. The molecule has 0 aromatic heterocycles. The molecule has 0 spiro atoms. The highest BCUT2D eigenvalue weighted by Crippen LogP contribution is 2.41. The number of hydrogen-bond donors (Lipinski definition) is 0. The molecule has 1 saturated heterocycles. The highest BCUT2D eigenvalue weighted by atomic mass is 79.9. The van der Waals surface area contributed by atoms with Gasteiger partial charge in [0.05, 0.1) is 10.2 Å². The summed E-state index contributed by atoms with van der Waals surface area (Å²) in [6.07, 6.45) is 1.83. The minimum Gasteiger partial charge on any atom is -0.274 e. The van der Waals surface area contributed by atoms with Crippen LogP contribution in [0.5, 0.6) is 0 Å². The van der Waals surface area contributed by atoms with E-state index < -0.39 is 23.4 Å². The Kier molecular flexibility index (Phi) is 2.92. The van der Waals surface area contributed by atoms with E-state index in [1.807, 2.05) is 0 Å². The average molecular weight is 330 g/mol. The minimum absolute atomic E-state index is 0.0337. The maximum Gasteiger partial charge on any atom is 0.237 e. The molecule has 1 saturated carbocycles. The van der Waals surface area contributed by atoms with E-state index in [0.717, 1.165) is 17.0 Å². The summed E-state index contributed by atoms with van der Waals surface area (Å²) in [6.45, 7) is 0. The molecule has 3 nitrogen and oxygen atoms in total. The van der Waals surface area contributed by atoms with Crippen LogP contribution in [0, 0.1) is 23.5 Å². The van der Waals surface area contributed by atoms with Gasteiger partial charge in [-0.25, -0.2) is 13.7 Å². The van der Waals surface area contributed by atoms with Crippen LogP contribution >= 0.6 is 15.9 Å². The lowest BCUT2D eigenvalue weighted by Crippen LogP contribution is -2.46. The second-order valence-corrected chi connectivity index (χ2v) is 5.79. The fraction of sp³-hybridized carbons (Fsp3) is 0.385. The first kappa shape index (κ1) is 12.7. The number of imide groups is 1. The quantitative estimate of drug-likeness (QED) is 0.586. The van der Waals surface area contributed by atoms with Crippen molar-refractivity contribution in [1.82, 2.24) is 0 Å². The van der Waals surface area contributed by atoms with E-state index in [-0.39, 0.29) is 22.0 Å². The molecule has 2 atom stereocenters. The molecule has 1 aliphatic carbocycles. The molecule has 1 aromatic rings. The Hall–Kier alpha value is -1.30. The summed E-state index contributed by atoms with van der Waals surface area (Å²) in [6, 6.07) is 1.82. The van der Waals surface area contributed by atoms with Gasteiger partial charge in [0.15, 0.2) is 0 Å². The van der Waals surface area contributed by atoms with E-state index in [1.54, 1.807) is 0 Å². The van der Waals surface area contributed by atoms with Crippen LogP contribution in [-0.2, 0) is 9.59 Å². The molecule has 6 heteroatoms. The number of anilines is 1. The van der Waals surface area contributed by atoms with Crippen LogP contribution in [-0.4, -0.2) is 11.8 Å². The van der Waals surface area contributed by atoms with E-state index in [0.29, 0.717) is 19.3 Å². The molecule has 1 aromatic carbocycles. The third-order valence-electron chi connectivity index (χ3n) is 3.80. The Morgan fingerprint density at radius 1 is 1.05 bits per heavy atom. The van der Waals surface area contributed by atoms with Crippen molar-refractivity contribution in [3.8, 4) is 0 Å². The maximum atomic E-state index is 13.9. The Morgan fingerprint density at radius 3 is 2.21 bits per heavy atom. The number of nitrogens with zero attached hydrogens (tertiary/aromatic N) is 1. The summed E-state index contributed by atoms with van der Waals surface area (Å²) >= 11 is 2.87. The predicted octanol–water partition coefficient (Wildman–Crippen LogP) is 3.02. The van der Waals surface area contributed by atoms with Crippen molar-refractivity contribution < 1.29 is 18.4 Å². The smallest absolute Gasteiger partial charge is 0.237 e. The zero-order valence-electron chi connectivity index (χ0n) is 9.83. The summed E-state index contributed by atoms with van der Waals surface area (Å²) in [5, 5.41) is 0. The molecular weight excluding hydrogens is 320 g/mol. The van der Waals surface area contributed by atoms with Crippen molar-refractivity contribution in [2.24, 2.45) is 11.8 Å². The molecule has 3 rings (SSSR count). The van der Waals surface area contributed by atoms with Crippen LogP contribution in [0.15, 0.2) is 16.6 Å². The van der Waals surface area contributed by atoms with Crippen LogP contribution in [0.25, 0.3) is 0 Å². The van der Waals surface area contributed by atoms with Gasteiger partial charge in [-0.05, 0) is 41.3 Å². The van der Waals surface area contributed by atoms with Gasteiger partial charge in [0, 0.05) is 17.9 Å². The molecule has 100 valence electrons. The van der Waals surface area contributed by atoms with E-state index >= 15 is 0 Å². The van der Waals surface area contributed by atoms with Gasteiger partial charge in [-0.2, -0.15) is 0 Å². The van der Waals surface area contributed by atoms with Crippen LogP contribution < -0.4 is 4.90 Å². The molecule has 0 radical (unpaired) electrons. The zero-order valence-corrected chi connectivity index (χ0v) is 11.4. The van der Waals surface area contributed by atoms with Crippen molar-refractivity contribution in [2.75, 3.05) is 4.90 Å².